The second kappa shape index (κ2) is 8.30. The van der Waals surface area contributed by atoms with Crippen LogP contribution in [-0.2, 0) is 13.1 Å². The van der Waals surface area contributed by atoms with E-state index in [0.29, 0.717) is 41.6 Å². The second-order valence-electron chi connectivity index (χ2n) is 7.56. The van der Waals surface area contributed by atoms with Crippen LogP contribution in [0, 0.1) is 11.6 Å². The number of imidazole rings is 1. The molecule has 0 radical (unpaired) electrons. The first-order valence-electron chi connectivity index (χ1n) is 10.1. The zero-order valence-electron chi connectivity index (χ0n) is 17.5. The van der Waals surface area contributed by atoms with E-state index in [2.05, 4.69) is 25.4 Å². The maximum Gasteiger partial charge on any atom is 0.169 e. The van der Waals surface area contributed by atoms with Gasteiger partial charge in [0.2, 0.25) is 0 Å². The lowest BCUT2D eigenvalue weighted by molar-refractivity contribution is 0.229. The molecule has 0 bridgehead atoms. The van der Waals surface area contributed by atoms with Gasteiger partial charge in [-0.25, -0.2) is 13.8 Å². The van der Waals surface area contributed by atoms with Gasteiger partial charge in [0.15, 0.2) is 17.4 Å². The van der Waals surface area contributed by atoms with Crippen molar-refractivity contribution in [1.82, 2.24) is 20.1 Å². The third-order valence-electron chi connectivity index (χ3n) is 5.35. The van der Waals surface area contributed by atoms with Gasteiger partial charge >= 0.3 is 0 Å². The monoisotopic (exact) mass is 448 g/mol. The van der Waals surface area contributed by atoms with Crippen molar-refractivity contribution in [3.8, 4) is 22.6 Å². The number of nitrogens with zero attached hydrogens (tertiary/aromatic N) is 5. The van der Waals surface area contributed by atoms with Crippen molar-refractivity contribution in [1.29, 1.82) is 0 Å². The first-order valence-corrected chi connectivity index (χ1v) is 10.1. The van der Waals surface area contributed by atoms with Gasteiger partial charge in [0.25, 0.3) is 0 Å². The Balaban J connectivity index is 1.29. The van der Waals surface area contributed by atoms with E-state index in [-0.39, 0.29) is 11.4 Å². The number of hydrazone groups is 1. The van der Waals surface area contributed by atoms with Crippen LogP contribution in [0.2, 0.25) is 0 Å². The highest BCUT2D eigenvalue weighted by atomic mass is 19.2. The van der Waals surface area contributed by atoms with Gasteiger partial charge in [-0.15, -0.1) is 0 Å². The number of benzene rings is 2. The highest BCUT2D eigenvalue weighted by Gasteiger charge is 2.21. The lowest BCUT2D eigenvalue weighted by atomic mass is 10.1. The molecule has 0 aliphatic carbocycles. The number of aromatic nitrogens is 3. The van der Waals surface area contributed by atoms with Crippen LogP contribution in [0.25, 0.3) is 22.6 Å². The number of hydrogen-bond acceptors (Lipinski definition) is 7. The van der Waals surface area contributed by atoms with Crippen molar-refractivity contribution in [2.24, 2.45) is 10.3 Å². The molecule has 0 fully saturated rings. The van der Waals surface area contributed by atoms with Gasteiger partial charge in [-0.1, -0.05) is 40.6 Å². The predicted octanol–water partition coefficient (Wildman–Crippen LogP) is 4.56. The van der Waals surface area contributed by atoms with Crippen molar-refractivity contribution in [2.75, 3.05) is 0 Å². The van der Waals surface area contributed by atoms with Gasteiger partial charge in [-0.05, 0) is 24.6 Å². The minimum Gasteiger partial charge on any atom is -0.411 e. The van der Waals surface area contributed by atoms with Gasteiger partial charge in [0, 0.05) is 11.6 Å². The molecule has 2 N–H and O–H groups in total. The number of hydrogen-bond donors (Lipinski definition) is 2. The molecule has 1 aliphatic heterocycles. The summed E-state index contributed by atoms with van der Waals surface area (Å²) >= 11 is 0. The average molecular weight is 448 g/mol. The van der Waals surface area contributed by atoms with E-state index in [4.69, 9.17) is 9.73 Å². The molecule has 5 rings (SSSR count). The Hall–Kier alpha value is -4.34. The van der Waals surface area contributed by atoms with Crippen LogP contribution < -0.4 is 0 Å². The molecule has 166 valence electrons. The van der Waals surface area contributed by atoms with Crippen molar-refractivity contribution in [2.45, 2.75) is 20.0 Å². The minimum atomic E-state index is -0.946. The molecule has 0 saturated heterocycles. The van der Waals surface area contributed by atoms with Crippen LogP contribution in [0.5, 0.6) is 0 Å². The number of halogens is 2. The Labute approximate surface area is 186 Å². The quantitative estimate of drug-likeness (QED) is 0.265. The van der Waals surface area contributed by atoms with Gasteiger partial charge in [0.1, 0.15) is 11.5 Å². The third kappa shape index (κ3) is 3.98. The summed E-state index contributed by atoms with van der Waals surface area (Å²) in [5.41, 5.74) is 4.23. The van der Waals surface area contributed by atoms with Crippen LogP contribution in [0.15, 0.2) is 63.3 Å². The molecule has 8 nitrogen and oxygen atoms in total. The van der Waals surface area contributed by atoms with Crippen LogP contribution >= 0.6 is 0 Å². The molecule has 0 amide bonds. The van der Waals surface area contributed by atoms with E-state index in [0.717, 1.165) is 17.2 Å². The standard InChI is InChI=1S/C23H18F2N6O2/c1-13(29-32)14-5-7-15(8-6-14)19-9-16(33-30-19)11-31-12-21-20(10-26-31)27-23(28-21)17-3-2-4-18(24)22(17)25/h2-10,32H,11-12H2,1H3,(H,27,28). The summed E-state index contributed by atoms with van der Waals surface area (Å²) in [6.45, 7) is 2.43. The third-order valence-corrected chi connectivity index (χ3v) is 5.35. The smallest absolute Gasteiger partial charge is 0.169 e. The first-order chi connectivity index (χ1) is 16.0. The molecule has 0 unspecified atom stereocenters. The molecule has 33 heavy (non-hydrogen) atoms. The molecule has 2 aromatic carbocycles. The zero-order chi connectivity index (χ0) is 22.9. The maximum atomic E-state index is 14.1. The molecule has 4 aromatic rings. The highest BCUT2D eigenvalue weighted by Crippen LogP contribution is 2.26. The van der Waals surface area contributed by atoms with Crippen molar-refractivity contribution >= 4 is 11.9 Å². The average Bonchev–Trinajstić information content (AvgIpc) is 3.47. The number of aromatic amines is 1. The lowest BCUT2D eigenvalue weighted by Gasteiger charge is -2.19. The van der Waals surface area contributed by atoms with Gasteiger partial charge < -0.3 is 14.7 Å². The van der Waals surface area contributed by atoms with Gasteiger partial charge in [0.05, 0.1) is 42.0 Å². The lowest BCUT2D eigenvalue weighted by Crippen LogP contribution is -2.21. The minimum absolute atomic E-state index is 0.0655. The topological polar surface area (TPSA) is 103 Å². The van der Waals surface area contributed by atoms with Gasteiger partial charge in [-0.2, -0.15) is 5.10 Å². The highest BCUT2D eigenvalue weighted by molar-refractivity contribution is 5.98. The summed E-state index contributed by atoms with van der Waals surface area (Å²) in [6.07, 6.45) is 1.59. The summed E-state index contributed by atoms with van der Waals surface area (Å²) in [4.78, 5) is 7.42. The van der Waals surface area contributed by atoms with Crippen molar-refractivity contribution in [3.63, 3.8) is 0 Å². The fraction of sp³-hybridized carbons (Fsp3) is 0.130. The van der Waals surface area contributed by atoms with Crippen LogP contribution in [0.3, 0.4) is 0 Å². The fourth-order valence-corrected chi connectivity index (χ4v) is 3.56. The van der Waals surface area contributed by atoms with Crippen LogP contribution in [0.4, 0.5) is 8.78 Å². The molecule has 0 spiro atoms. The van der Waals surface area contributed by atoms with Crippen LogP contribution in [0.1, 0.15) is 29.6 Å². The number of oxime groups is 1. The van der Waals surface area contributed by atoms with E-state index >= 15 is 0 Å². The Morgan fingerprint density at radius 3 is 2.82 bits per heavy atom. The molecule has 0 saturated carbocycles. The summed E-state index contributed by atoms with van der Waals surface area (Å²) in [5, 5.41) is 22.3. The molecule has 10 heteroatoms. The Morgan fingerprint density at radius 1 is 1.21 bits per heavy atom. The molecule has 1 aliphatic rings. The largest absolute Gasteiger partial charge is 0.411 e. The summed E-state index contributed by atoms with van der Waals surface area (Å²) < 4.78 is 33.2. The molecule has 2 aromatic heterocycles. The van der Waals surface area contributed by atoms with Crippen LogP contribution in [-0.4, -0.2) is 37.3 Å². The molecule has 3 heterocycles. The normalized spacial score (nSPS) is 13.4. The fourth-order valence-electron chi connectivity index (χ4n) is 3.56. The molecular formula is C23H18F2N6O2. The molecule has 0 atom stereocenters. The molecular weight excluding hydrogens is 430 g/mol. The summed E-state index contributed by atoms with van der Waals surface area (Å²) in [5.74, 6) is -1.02. The zero-order valence-corrected chi connectivity index (χ0v) is 17.5. The number of H-pyrrole nitrogens is 1. The van der Waals surface area contributed by atoms with Crippen molar-refractivity contribution in [3.05, 3.63) is 82.9 Å². The number of nitrogens with one attached hydrogen (secondary N) is 1. The Bertz CT molecular complexity index is 1370. The summed E-state index contributed by atoms with van der Waals surface area (Å²) in [7, 11) is 0. The van der Waals surface area contributed by atoms with Gasteiger partial charge in [-0.3, -0.25) is 5.01 Å². The van der Waals surface area contributed by atoms with Crippen molar-refractivity contribution < 1.29 is 18.5 Å². The van der Waals surface area contributed by atoms with E-state index < -0.39 is 11.6 Å². The first kappa shape index (κ1) is 20.6. The van der Waals surface area contributed by atoms with E-state index in [9.17, 15) is 8.78 Å². The predicted molar refractivity (Wildman–Crippen MR) is 117 cm³/mol. The number of fused-ring (bicyclic) bond motifs is 1. The summed E-state index contributed by atoms with van der Waals surface area (Å²) in [6, 6.07) is 13.2. The van der Waals surface area contributed by atoms with E-state index in [1.807, 2.05) is 30.3 Å². The van der Waals surface area contributed by atoms with E-state index in [1.165, 1.54) is 12.1 Å². The Morgan fingerprint density at radius 2 is 2.03 bits per heavy atom. The SMILES string of the molecule is CC(=NO)c1ccc(-c2cc(CN3Cc4nc(-c5cccc(F)c5F)[nH]c4C=N3)on2)cc1. The number of rotatable bonds is 5. The maximum absolute atomic E-state index is 14.1. The second-order valence-corrected chi connectivity index (χ2v) is 7.56. The Kier molecular flexibility index (Phi) is 5.17. The van der Waals surface area contributed by atoms with E-state index in [1.54, 1.807) is 18.1 Å².